The number of amides is 2. The van der Waals surface area contributed by atoms with Gasteiger partial charge in [0.15, 0.2) is 16.5 Å². The molecule has 1 fully saturated rings. The summed E-state index contributed by atoms with van der Waals surface area (Å²) < 4.78 is 39.3. The second kappa shape index (κ2) is 12.3. The highest BCUT2D eigenvalue weighted by Crippen LogP contribution is 2.56. The predicted molar refractivity (Wildman–Crippen MR) is 174 cm³/mol. The molecule has 4 atom stereocenters. The van der Waals surface area contributed by atoms with E-state index in [0.717, 1.165) is 0 Å². The molecule has 0 bridgehead atoms. The largest absolute Gasteiger partial charge is 0.497 e. The number of aryl methyl sites for hydroxylation is 1. The van der Waals surface area contributed by atoms with Crippen LogP contribution in [0.15, 0.2) is 96.2 Å². The normalized spacial score (nSPS) is 23.5. The van der Waals surface area contributed by atoms with Crippen LogP contribution < -0.4 is 24.8 Å². The molecule has 3 heterocycles. The Bertz CT molecular complexity index is 2050. The van der Waals surface area contributed by atoms with Crippen molar-refractivity contribution >= 4 is 33.4 Å². The Morgan fingerprint density at radius 1 is 1.10 bits per heavy atom. The van der Waals surface area contributed by atoms with Crippen LogP contribution in [0.3, 0.4) is 0 Å². The fraction of sp³-hybridized carbons (Fsp3) is 0.257. The van der Waals surface area contributed by atoms with E-state index in [1.807, 2.05) is 12.1 Å². The number of fused-ring (bicyclic) bond motifs is 1. The Hall–Kier alpha value is -5.45. The van der Waals surface area contributed by atoms with Gasteiger partial charge in [-0.05, 0) is 61.4 Å². The number of nitriles is 1. The number of pyridine rings is 1. The third-order valence-electron chi connectivity index (χ3n) is 9.10. The zero-order chi connectivity index (χ0) is 34.3. The maximum Gasteiger partial charge on any atom is 0.366 e. The maximum absolute atomic E-state index is 16.0. The minimum Gasteiger partial charge on any atom is -0.497 e. The van der Waals surface area contributed by atoms with E-state index in [1.54, 1.807) is 62.4 Å². The number of aromatic nitrogens is 1. The molecule has 2 amide bonds. The molecule has 1 saturated heterocycles. The van der Waals surface area contributed by atoms with Crippen LogP contribution in [0.4, 0.5) is 16.2 Å². The fourth-order valence-electron chi connectivity index (χ4n) is 7.11. The van der Waals surface area contributed by atoms with E-state index in [1.165, 1.54) is 42.6 Å². The third-order valence-corrected chi connectivity index (χ3v) is 11.3. The van der Waals surface area contributed by atoms with E-state index in [-0.39, 0.29) is 30.2 Å². The molecule has 48 heavy (non-hydrogen) atoms. The average Bonchev–Trinajstić information content (AvgIpc) is 3.53. The van der Waals surface area contributed by atoms with Crippen LogP contribution in [0.2, 0.25) is 0 Å². The van der Waals surface area contributed by atoms with Crippen molar-refractivity contribution in [3.8, 4) is 17.6 Å². The van der Waals surface area contributed by atoms with Crippen LogP contribution in [-0.4, -0.2) is 62.1 Å². The van der Waals surface area contributed by atoms with Crippen LogP contribution in [0.5, 0.6) is 11.5 Å². The molecule has 4 aromatic rings. The van der Waals surface area contributed by atoms with E-state index >= 15 is 13.2 Å². The van der Waals surface area contributed by atoms with Gasteiger partial charge in [-0.1, -0.05) is 46.4 Å². The number of hydrogen-bond donors (Lipinski definition) is 1. The Kier molecular flexibility index (Phi) is 8.32. The van der Waals surface area contributed by atoms with E-state index in [2.05, 4.69) is 16.4 Å². The fourth-order valence-corrected chi connectivity index (χ4v) is 8.97. The number of benzene rings is 3. The Morgan fingerprint density at radius 3 is 2.50 bits per heavy atom. The summed E-state index contributed by atoms with van der Waals surface area (Å²) in [5.74, 6) is -2.11. The van der Waals surface area contributed by atoms with Crippen LogP contribution in [0.25, 0.3) is 0 Å². The first-order valence-corrected chi connectivity index (χ1v) is 16.7. The molecule has 246 valence electrons. The van der Waals surface area contributed by atoms with Crippen molar-refractivity contribution in [2.75, 3.05) is 37.0 Å². The van der Waals surface area contributed by atoms with Gasteiger partial charge in [0.2, 0.25) is 0 Å². The molecule has 3 aromatic carbocycles. The molecule has 4 unspecified atom stereocenters. The van der Waals surface area contributed by atoms with Crippen molar-refractivity contribution in [3.05, 3.63) is 108 Å². The van der Waals surface area contributed by atoms with E-state index in [0.29, 0.717) is 22.5 Å². The quantitative estimate of drug-likeness (QED) is 0.273. The number of sulfonamides is 1. The van der Waals surface area contributed by atoms with E-state index < -0.39 is 54.9 Å². The number of carboxylic acid groups (broad SMARTS) is 1. The number of carbonyl (C=O) groups is 2. The molecule has 13 heteroatoms. The van der Waals surface area contributed by atoms with Crippen molar-refractivity contribution in [2.45, 2.75) is 36.2 Å². The number of nitrogens with zero attached hydrogens (tertiary/aromatic N) is 4. The van der Waals surface area contributed by atoms with Gasteiger partial charge in [-0.3, -0.25) is 4.98 Å². The summed E-state index contributed by atoms with van der Waals surface area (Å²) in [4.78, 5) is 34.8. The number of ether oxygens (including phenoxy) is 2. The molecule has 0 aliphatic carbocycles. The molecule has 2 aliphatic heterocycles. The molecule has 1 aromatic heterocycles. The van der Waals surface area contributed by atoms with Crippen molar-refractivity contribution in [2.24, 2.45) is 0 Å². The summed E-state index contributed by atoms with van der Waals surface area (Å²) in [6.07, 6.45) is 0.768. The lowest BCUT2D eigenvalue weighted by Crippen LogP contribution is -2.81. The molecule has 12 nitrogen and oxygen atoms in total. The van der Waals surface area contributed by atoms with Crippen molar-refractivity contribution in [1.82, 2.24) is 4.98 Å². The van der Waals surface area contributed by atoms with Crippen molar-refractivity contribution < 1.29 is 36.5 Å². The second-order valence-electron chi connectivity index (χ2n) is 11.6. The van der Waals surface area contributed by atoms with Gasteiger partial charge in [-0.25, -0.2) is 4.79 Å². The van der Waals surface area contributed by atoms with Crippen LogP contribution >= 0.6 is 0 Å². The summed E-state index contributed by atoms with van der Waals surface area (Å²) in [6.45, 7) is 2.75. The van der Waals surface area contributed by atoms with Gasteiger partial charge in [-0.15, -0.1) is 0 Å². The molecule has 0 radical (unpaired) electrons. The highest BCUT2D eigenvalue weighted by molar-refractivity contribution is 7.86. The standard InChI is InChI=1S/C35H33N5O7S/c1-4-47-30-12-8-6-10-27(30)35(28-21-38-29-11-7-5-9-26(28)29)33(41)40(34(42)43,22-25(20-36)39(35)24-15-17-37-18-16-24)48(44,45)32-14-13-23(2)19-31(32)46-3/h5-19,25,28,38H,4,21-22H2,1-3H3. The zero-order valence-corrected chi connectivity index (χ0v) is 27.3. The lowest BCUT2D eigenvalue weighted by atomic mass is 9.70. The van der Waals surface area contributed by atoms with Gasteiger partial charge >= 0.3 is 15.9 Å². The average molecular weight is 668 g/mol. The maximum atomic E-state index is 16.0. The minimum absolute atomic E-state index is 0.0895. The highest BCUT2D eigenvalue weighted by atomic mass is 32.2. The van der Waals surface area contributed by atoms with Gasteiger partial charge < -0.3 is 29.6 Å². The lowest BCUT2D eigenvalue weighted by molar-refractivity contribution is -0.693. The van der Waals surface area contributed by atoms with Crippen molar-refractivity contribution in [1.29, 1.82) is 5.26 Å². The number of imide groups is 1. The molecular weight excluding hydrogens is 634 g/mol. The van der Waals surface area contributed by atoms with Gasteiger partial charge in [0.1, 0.15) is 18.0 Å². The smallest absolute Gasteiger partial charge is 0.366 e. The summed E-state index contributed by atoms with van der Waals surface area (Å²) in [5, 5.41) is 27.9. The highest BCUT2D eigenvalue weighted by Gasteiger charge is 2.73. The number of piperazine rings is 1. The SMILES string of the molecule is CCOc1ccccc1C1(C2CNc3ccccc32)C(=O)[N+](C(=O)[O-])(S(=O)(=O)c2ccc(C)cc2OC)CC(C#N)N1c1ccncc1. The Morgan fingerprint density at radius 2 is 1.81 bits per heavy atom. The van der Waals surface area contributed by atoms with Crippen LogP contribution in [0.1, 0.15) is 29.5 Å². The number of anilines is 2. The molecule has 0 spiro atoms. The van der Waals surface area contributed by atoms with Gasteiger partial charge in [0.25, 0.3) is 6.09 Å². The summed E-state index contributed by atoms with van der Waals surface area (Å²) in [5.41, 5.74) is 0.289. The minimum atomic E-state index is -5.24. The number of quaternary nitrogens is 1. The van der Waals surface area contributed by atoms with E-state index in [4.69, 9.17) is 9.47 Å². The first kappa shape index (κ1) is 32.5. The molecule has 2 aliphatic rings. The second-order valence-corrected chi connectivity index (χ2v) is 13.6. The predicted octanol–water partition coefficient (Wildman–Crippen LogP) is 3.69. The lowest BCUT2D eigenvalue weighted by Gasteiger charge is -2.55. The summed E-state index contributed by atoms with van der Waals surface area (Å²) in [7, 11) is -3.99. The van der Waals surface area contributed by atoms with Crippen LogP contribution in [0, 0.1) is 18.3 Å². The number of nitrogens with one attached hydrogen (secondary N) is 1. The monoisotopic (exact) mass is 667 g/mol. The third kappa shape index (κ3) is 4.59. The number of methoxy groups -OCH3 is 1. The first-order chi connectivity index (χ1) is 23.1. The van der Waals surface area contributed by atoms with Gasteiger partial charge in [-0.2, -0.15) is 13.7 Å². The molecular formula is C35H33N5O7S. The molecule has 1 N–H and O–H groups in total. The topological polar surface area (TPSA) is 162 Å². The van der Waals surface area contributed by atoms with Gasteiger partial charge in [0, 0.05) is 41.8 Å². The Labute approximate surface area is 278 Å². The number of rotatable bonds is 8. The van der Waals surface area contributed by atoms with E-state index in [9.17, 15) is 15.2 Å². The number of para-hydroxylation sites is 2. The zero-order valence-electron chi connectivity index (χ0n) is 26.5. The van der Waals surface area contributed by atoms with Crippen molar-refractivity contribution in [3.63, 3.8) is 0 Å². The summed E-state index contributed by atoms with van der Waals surface area (Å²) in [6, 6.07) is 21.8. The number of carbonyl (C=O) groups excluding carboxylic acids is 2. The first-order valence-electron chi connectivity index (χ1n) is 15.3. The molecule has 6 rings (SSSR count). The number of hydrogen-bond acceptors (Lipinski definition) is 11. The van der Waals surface area contributed by atoms with Crippen LogP contribution in [-0.2, 0) is 20.4 Å². The van der Waals surface area contributed by atoms with Gasteiger partial charge in [0.05, 0.1) is 19.8 Å². The molecule has 0 saturated carbocycles. The summed E-state index contributed by atoms with van der Waals surface area (Å²) >= 11 is 0. The Balaban J connectivity index is 1.80.